The fourth-order valence-corrected chi connectivity index (χ4v) is 2.69. The lowest BCUT2D eigenvalue weighted by molar-refractivity contribution is 0.886. The van der Waals surface area contributed by atoms with Crippen molar-refractivity contribution in [1.29, 1.82) is 0 Å². The molecule has 2 rings (SSSR count). The summed E-state index contributed by atoms with van der Waals surface area (Å²) >= 11 is 1.72. The van der Waals surface area contributed by atoms with E-state index in [9.17, 15) is 0 Å². The van der Waals surface area contributed by atoms with Gasteiger partial charge in [0.15, 0.2) is 0 Å². The smallest absolute Gasteiger partial charge is 0.134 e. The van der Waals surface area contributed by atoms with Crippen LogP contribution in [0.2, 0.25) is 0 Å². The number of nitrogens with one attached hydrogen (secondary N) is 2. The normalized spacial score (nSPS) is 10.5. The lowest BCUT2D eigenvalue weighted by Crippen LogP contribution is -2.10. The monoisotopic (exact) mass is 290 g/mol. The number of rotatable bonds is 8. The maximum Gasteiger partial charge on any atom is 0.134 e. The Morgan fingerprint density at radius 3 is 2.55 bits per heavy atom. The van der Waals surface area contributed by atoms with Gasteiger partial charge in [-0.1, -0.05) is 20.3 Å². The Kier molecular flexibility index (Phi) is 5.80. The number of hydrogen-bond acceptors (Lipinski definition) is 5. The van der Waals surface area contributed by atoms with Crippen LogP contribution in [0, 0.1) is 0 Å². The molecule has 0 radical (unpaired) electrons. The van der Waals surface area contributed by atoms with Crippen molar-refractivity contribution in [1.82, 2.24) is 9.97 Å². The van der Waals surface area contributed by atoms with E-state index in [0.29, 0.717) is 0 Å². The van der Waals surface area contributed by atoms with Crippen molar-refractivity contribution in [3.8, 4) is 0 Å². The zero-order chi connectivity index (χ0) is 14.2. The van der Waals surface area contributed by atoms with Crippen molar-refractivity contribution in [2.75, 3.05) is 17.2 Å². The van der Waals surface area contributed by atoms with E-state index in [2.05, 4.69) is 51.3 Å². The van der Waals surface area contributed by atoms with Crippen molar-refractivity contribution in [3.05, 3.63) is 34.3 Å². The van der Waals surface area contributed by atoms with Crippen LogP contribution in [0.3, 0.4) is 0 Å². The zero-order valence-electron chi connectivity index (χ0n) is 12.1. The molecule has 0 unspecified atom stereocenters. The summed E-state index contributed by atoms with van der Waals surface area (Å²) in [6, 6.07) is 2.13. The topological polar surface area (TPSA) is 49.8 Å². The third kappa shape index (κ3) is 3.93. The van der Waals surface area contributed by atoms with Crippen LogP contribution in [0.25, 0.3) is 0 Å². The lowest BCUT2D eigenvalue weighted by Gasteiger charge is -2.14. The molecule has 2 heterocycles. The second-order valence-electron chi connectivity index (χ2n) is 4.71. The van der Waals surface area contributed by atoms with E-state index in [1.165, 1.54) is 11.1 Å². The van der Waals surface area contributed by atoms with E-state index in [1.54, 1.807) is 17.7 Å². The molecular weight excluding hydrogens is 268 g/mol. The third-order valence-corrected chi connectivity index (χ3v) is 3.76. The summed E-state index contributed by atoms with van der Waals surface area (Å²) in [5.74, 6) is 1.92. The molecule has 0 amide bonds. The summed E-state index contributed by atoms with van der Waals surface area (Å²) in [6.45, 7) is 6.09. The molecular formula is C15H22N4S. The predicted molar refractivity (Wildman–Crippen MR) is 86.5 cm³/mol. The van der Waals surface area contributed by atoms with Crippen LogP contribution in [-0.2, 0) is 13.0 Å². The Hall–Kier alpha value is -1.62. The first-order valence-corrected chi connectivity index (χ1v) is 8.12. The van der Waals surface area contributed by atoms with E-state index in [-0.39, 0.29) is 0 Å². The van der Waals surface area contributed by atoms with Gasteiger partial charge in [-0.15, -0.1) is 0 Å². The highest BCUT2D eigenvalue weighted by Crippen LogP contribution is 2.22. The molecule has 0 saturated heterocycles. The molecule has 0 aliphatic heterocycles. The molecule has 0 aromatic carbocycles. The second kappa shape index (κ2) is 7.85. The van der Waals surface area contributed by atoms with Gasteiger partial charge < -0.3 is 10.6 Å². The summed E-state index contributed by atoms with van der Waals surface area (Å²) in [5, 5.41) is 11.1. The first-order valence-electron chi connectivity index (χ1n) is 7.17. The number of anilines is 2. The molecule has 4 nitrogen and oxygen atoms in total. The molecule has 0 saturated carbocycles. The molecule has 0 spiro atoms. The van der Waals surface area contributed by atoms with Crippen LogP contribution in [0.1, 0.15) is 37.8 Å². The van der Waals surface area contributed by atoms with Crippen LogP contribution in [0.4, 0.5) is 11.6 Å². The minimum absolute atomic E-state index is 0.810. The van der Waals surface area contributed by atoms with Crippen molar-refractivity contribution in [2.45, 2.75) is 39.7 Å². The average Bonchev–Trinajstić information content (AvgIpc) is 2.98. The summed E-state index contributed by atoms with van der Waals surface area (Å²) in [6.07, 6.45) is 4.79. The van der Waals surface area contributed by atoms with Gasteiger partial charge in [-0.2, -0.15) is 11.3 Å². The predicted octanol–water partition coefficient (Wildman–Crippen LogP) is 3.92. The number of hydrogen-bond donors (Lipinski definition) is 2. The first kappa shape index (κ1) is 14.8. The molecule has 2 aromatic heterocycles. The van der Waals surface area contributed by atoms with Crippen molar-refractivity contribution < 1.29 is 0 Å². The second-order valence-corrected chi connectivity index (χ2v) is 5.49. The summed E-state index contributed by atoms with van der Waals surface area (Å²) in [4.78, 5) is 8.79. The minimum Gasteiger partial charge on any atom is -0.370 e. The highest BCUT2D eigenvalue weighted by atomic mass is 32.1. The Morgan fingerprint density at radius 2 is 1.90 bits per heavy atom. The summed E-state index contributed by atoms with van der Waals surface area (Å²) in [5.41, 5.74) is 2.48. The van der Waals surface area contributed by atoms with Gasteiger partial charge in [0.1, 0.15) is 18.0 Å². The van der Waals surface area contributed by atoms with E-state index in [4.69, 9.17) is 0 Å². The summed E-state index contributed by atoms with van der Waals surface area (Å²) in [7, 11) is 0. The average molecular weight is 290 g/mol. The summed E-state index contributed by atoms with van der Waals surface area (Å²) < 4.78 is 0. The van der Waals surface area contributed by atoms with Gasteiger partial charge in [-0.3, -0.25) is 0 Å². The number of nitrogens with zero attached hydrogens (tertiary/aromatic N) is 2. The molecule has 0 aliphatic carbocycles. The quantitative estimate of drug-likeness (QED) is 0.773. The van der Waals surface area contributed by atoms with Crippen molar-refractivity contribution >= 4 is 23.0 Å². The van der Waals surface area contributed by atoms with Crippen LogP contribution >= 0.6 is 11.3 Å². The maximum atomic E-state index is 4.41. The lowest BCUT2D eigenvalue weighted by atomic mass is 10.1. The Bertz CT molecular complexity index is 511. The van der Waals surface area contributed by atoms with Gasteiger partial charge in [0.25, 0.3) is 0 Å². The van der Waals surface area contributed by atoms with E-state index < -0.39 is 0 Å². The van der Waals surface area contributed by atoms with Crippen LogP contribution < -0.4 is 10.6 Å². The van der Waals surface area contributed by atoms with Crippen LogP contribution in [0.15, 0.2) is 23.2 Å². The van der Waals surface area contributed by atoms with Gasteiger partial charge in [-0.25, -0.2) is 9.97 Å². The molecule has 2 aromatic rings. The largest absolute Gasteiger partial charge is 0.370 e. The SMILES string of the molecule is CCCNc1ncnc(NCc2ccsc2)c1CCC. The molecule has 0 fully saturated rings. The molecule has 0 aliphatic rings. The Morgan fingerprint density at radius 1 is 1.10 bits per heavy atom. The number of aromatic nitrogens is 2. The Labute approximate surface area is 124 Å². The van der Waals surface area contributed by atoms with E-state index in [1.807, 2.05) is 0 Å². The molecule has 0 bridgehead atoms. The Balaban J connectivity index is 2.13. The van der Waals surface area contributed by atoms with Gasteiger partial charge in [0.2, 0.25) is 0 Å². The van der Waals surface area contributed by atoms with E-state index >= 15 is 0 Å². The van der Waals surface area contributed by atoms with Gasteiger partial charge in [0, 0.05) is 18.7 Å². The first-order chi connectivity index (χ1) is 9.85. The molecule has 108 valence electrons. The zero-order valence-corrected chi connectivity index (χ0v) is 13.0. The van der Waals surface area contributed by atoms with Crippen LogP contribution in [0.5, 0.6) is 0 Å². The molecule has 20 heavy (non-hydrogen) atoms. The molecule has 2 N–H and O–H groups in total. The van der Waals surface area contributed by atoms with Crippen LogP contribution in [-0.4, -0.2) is 16.5 Å². The van der Waals surface area contributed by atoms with Gasteiger partial charge >= 0.3 is 0 Å². The van der Waals surface area contributed by atoms with E-state index in [0.717, 1.165) is 44.0 Å². The number of thiophene rings is 1. The maximum absolute atomic E-state index is 4.41. The minimum atomic E-state index is 0.810. The molecule has 0 atom stereocenters. The fraction of sp³-hybridized carbons (Fsp3) is 0.467. The standard InChI is InChI=1S/C15H22N4S/c1-3-5-13-14(16-7-4-2)18-11-19-15(13)17-9-12-6-8-20-10-12/h6,8,10-11H,3-5,7,9H2,1-2H3,(H2,16,17,18,19). The van der Waals surface area contributed by atoms with Gasteiger partial charge in [0.05, 0.1) is 0 Å². The molecule has 5 heteroatoms. The third-order valence-electron chi connectivity index (χ3n) is 3.03. The fourth-order valence-electron chi connectivity index (χ4n) is 2.03. The highest BCUT2D eigenvalue weighted by Gasteiger charge is 2.10. The highest BCUT2D eigenvalue weighted by molar-refractivity contribution is 7.07. The van der Waals surface area contributed by atoms with Crippen molar-refractivity contribution in [3.63, 3.8) is 0 Å². The van der Waals surface area contributed by atoms with Gasteiger partial charge in [-0.05, 0) is 35.2 Å². The van der Waals surface area contributed by atoms with Crippen molar-refractivity contribution in [2.24, 2.45) is 0 Å².